The van der Waals surface area contributed by atoms with Crippen LogP contribution in [0.5, 0.6) is 0 Å². The van der Waals surface area contributed by atoms with Crippen LogP contribution in [0.25, 0.3) is 11.0 Å². The first-order valence-electron chi connectivity index (χ1n) is 9.37. The number of aromatic nitrogens is 2. The highest BCUT2D eigenvalue weighted by molar-refractivity contribution is 5.96. The molecule has 1 aromatic heterocycles. The molecule has 0 aliphatic heterocycles. The van der Waals surface area contributed by atoms with Gasteiger partial charge in [0.2, 0.25) is 5.91 Å². The summed E-state index contributed by atoms with van der Waals surface area (Å²) in [6.45, 7) is 8.12. The summed E-state index contributed by atoms with van der Waals surface area (Å²) < 4.78 is 0. The molecule has 3 aromatic rings. The van der Waals surface area contributed by atoms with Gasteiger partial charge < -0.3 is 15.6 Å². The molecule has 146 valence electrons. The molecule has 0 radical (unpaired) electrons. The van der Waals surface area contributed by atoms with Gasteiger partial charge in [-0.25, -0.2) is 4.98 Å². The fourth-order valence-electron chi connectivity index (χ4n) is 2.92. The van der Waals surface area contributed by atoms with Crippen LogP contribution in [0.15, 0.2) is 48.5 Å². The highest BCUT2D eigenvalue weighted by atomic mass is 16.2. The Morgan fingerprint density at radius 3 is 2.39 bits per heavy atom. The van der Waals surface area contributed by atoms with Crippen molar-refractivity contribution < 1.29 is 9.59 Å². The molecule has 1 atom stereocenters. The van der Waals surface area contributed by atoms with Gasteiger partial charge in [0.15, 0.2) is 0 Å². The molecule has 0 aliphatic carbocycles. The number of carbonyl (C=O) groups excluding carboxylic acids is 2. The summed E-state index contributed by atoms with van der Waals surface area (Å²) in [6, 6.07) is 14.9. The highest BCUT2D eigenvalue weighted by Gasteiger charge is 2.16. The summed E-state index contributed by atoms with van der Waals surface area (Å²) in [4.78, 5) is 32.1. The number of H-pyrrole nitrogens is 1. The number of benzene rings is 2. The van der Waals surface area contributed by atoms with Crippen LogP contribution in [0, 0.1) is 0 Å². The Bertz CT molecular complexity index is 951. The molecule has 2 amide bonds. The van der Waals surface area contributed by atoms with Gasteiger partial charge in [-0.1, -0.05) is 45.0 Å². The molecule has 0 bridgehead atoms. The van der Waals surface area contributed by atoms with Crippen molar-refractivity contribution in [3.63, 3.8) is 0 Å². The third kappa shape index (κ3) is 4.57. The van der Waals surface area contributed by atoms with Crippen molar-refractivity contribution in [2.45, 2.75) is 39.2 Å². The second-order valence-corrected chi connectivity index (χ2v) is 7.94. The van der Waals surface area contributed by atoms with Crippen LogP contribution in [0.4, 0.5) is 0 Å². The Balaban J connectivity index is 1.54. The van der Waals surface area contributed by atoms with Crippen molar-refractivity contribution in [1.82, 2.24) is 20.6 Å². The molecule has 1 unspecified atom stereocenters. The predicted octanol–water partition coefficient (Wildman–Crippen LogP) is 3.47. The van der Waals surface area contributed by atoms with Gasteiger partial charge >= 0.3 is 0 Å². The molecule has 6 nitrogen and oxygen atoms in total. The third-order valence-corrected chi connectivity index (χ3v) is 4.62. The summed E-state index contributed by atoms with van der Waals surface area (Å²) in [5.41, 5.74) is 3.49. The van der Waals surface area contributed by atoms with Crippen LogP contribution in [0.2, 0.25) is 0 Å². The van der Waals surface area contributed by atoms with Crippen molar-refractivity contribution in [1.29, 1.82) is 0 Å². The van der Waals surface area contributed by atoms with Gasteiger partial charge in [0, 0.05) is 5.56 Å². The molecule has 0 aliphatic rings. The van der Waals surface area contributed by atoms with Gasteiger partial charge in [-0.3, -0.25) is 9.59 Å². The van der Waals surface area contributed by atoms with E-state index in [-0.39, 0.29) is 29.8 Å². The van der Waals surface area contributed by atoms with E-state index in [1.807, 2.05) is 43.3 Å². The lowest BCUT2D eigenvalue weighted by Crippen LogP contribution is -2.38. The van der Waals surface area contributed by atoms with Gasteiger partial charge in [0.05, 0.1) is 23.6 Å². The summed E-state index contributed by atoms with van der Waals surface area (Å²) in [5.74, 6) is 0.137. The third-order valence-electron chi connectivity index (χ3n) is 4.62. The lowest BCUT2D eigenvalue weighted by molar-refractivity contribution is -0.120. The van der Waals surface area contributed by atoms with Crippen molar-refractivity contribution in [2.75, 3.05) is 6.54 Å². The number of fused-ring (bicyclic) bond motifs is 1. The number of carbonyl (C=O) groups is 2. The second-order valence-electron chi connectivity index (χ2n) is 7.94. The van der Waals surface area contributed by atoms with Crippen LogP contribution in [-0.4, -0.2) is 28.3 Å². The SMILES string of the molecule is CC(NC(=O)CNC(=O)c1ccc(C(C)(C)C)cc1)c1nc2ccccc2[nH]1. The lowest BCUT2D eigenvalue weighted by Gasteiger charge is -2.19. The van der Waals surface area contributed by atoms with Crippen LogP contribution in [-0.2, 0) is 10.2 Å². The minimum Gasteiger partial charge on any atom is -0.345 e. The second kappa shape index (κ2) is 7.84. The number of aromatic amines is 1. The standard InChI is InChI=1S/C22H26N4O2/c1-14(20-25-17-7-5-6-8-18(17)26-20)24-19(27)13-23-21(28)15-9-11-16(12-10-15)22(2,3)4/h5-12,14H,13H2,1-4H3,(H,23,28)(H,24,27)(H,25,26). The lowest BCUT2D eigenvalue weighted by atomic mass is 9.87. The molecule has 2 aromatic carbocycles. The zero-order valence-electron chi connectivity index (χ0n) is 16.7. The van der Waals surface area contributed by atoms with Crippen LogP contribution in [0.1, 0.15) is 55.5 Å². The minimum absolute atomic E-state index is 0.0294. The zero-order valence-corrected chi connectivity index (χ0v) is 16.7. The quantitative estimate of drug-likeness (QED) is 0.635. The Hall–Kier alpha value is -3.15. The van der Waals surface area contributed by atoms with Crippen molar-refractivity contribution in [3.05, 3.63) is 65.5 Å². The molecule has 1 heterocycles. The maximum atomic E-state index is 12.3. The smallest absolute Gasteiger partial charge is 0.251 e. The van der Waals surface area contributed by atoms with E-state index >= 15 is 0 Å². The average molecular weight is 378 g/mol. The maximum absolute atomic E-state index is 12.3. The zero-order chi connectivity index (χ0) is 20.3. The molecular formula is C22H26N4O2. The monoisotopic (exact) mass is 378 g/mol. The first-order chi connectivity index (χ1) is 13.2. The molecule has 0 fully saturated rings. The van der Waals surface area contributed by atoms with Crippen LogP contribution in [0.3, 0.4) is 0 Å². The van der Waals surface area contributed by atoms with E-state index < -0.39 is 0 Å². The Morgan fingerprint density at radius 2 is 1.75 bits per heavy atom. The molecule has 0 saturated carbocycles. The number of nitrogens with zero attached hydrogens (tertiary/aromatic N) is 1. The molecule has 3 rings (SSSR count). The number of amides is 2. The Morgan fingerprint density at radius 1 is 1.07 bits per heavy atom. The number of rotatable bonds is 5. The van der Waals surface area contributed by atoms with E-state index in [1.54, 1.807) is 12.1 Å². The highest BCUT2D eigenvalue weighted by Crippen LogP contribution is 2.22. The van der Waals surface area contributed by atoms with Gasteiger partial charge in [-0.2, -0.15) is 0 Å². The normalized spacial score (nSPS) is 12.6. The van der Waals surface area contributed by atoms with E-state index in [0.29, 0.717) is 11.4 Å². The van der Waals surface area contributed by atoms with Crippen LogP contribution < -0.4 is 10.6 Å². The average Bonchev–Trinajstić information content (AvgIpc) is 3.10. The fraction of sp³-hybridized carbons (Fsp3) is 0.318. The Labute approximate surface area is 164 Å². The number of hydrogen-bond acceptors (Lipinski definition) is 3. The molecule has 6 heteroatoms. The maximum Gasteiger partial charge on any atom is 0.251 e. The van der Waals surface area contributed by atoms with Crippen LogP contribution >= 0.6 is 0 Å². The van der Waals surface area contributed by atoms with Crippen molar-refractivity contribution in [2.24, 2.45) is 0 Å². The van der Waals surface area contributed by atoms with Gasteiger partial charge in [0.1, 0.15) is 5.82 Å². The summed E-state index contributed by atoms with van der Waals surface area (Å²) in [6.07, 6.45) is 0. The number of imidazole rings is 1. The van der Waals surface area contributed by atoms with Crippen molar-refractivity contribution >= 4 is 22.8 Å². The van der Waals surface area contributed by atoms with Gasteiger partial charge in [-0.05, 0) is 42.2 Å². The van der Waals surface area contributed by atoms with Gasteiger partial charge in [-0.15, -0.1) is 0 Å². The summed E-state index contributed by atoms with van der Waals surface area (Å²) in [5, 5.41) is 5.50. The molecule has 0 spiro atoms. The molecule has 28 heavy (non-hydrogen) atoms. The van der Waals surface area contributed by atoms with E-state index in [1.165, 1.54) is 0 Å². The van der Waals surface area contributed by atoms with E-state index in [0.717, 1.165) is 16.6 Å². The predicted molar refractivity (Wildman–Crippen MR) is 110 cm³/mol. The number of nitrogens with one attached hydrogen (secondary N) is 3. The number of para-hydroxylation sites is 2. The topological polar surface area (TPSA) is 86.9 Å². The first-order valence-corrected chi connectivity index (χ1v) is 9.37. The molecule has 3 N–H and O–H groups in total. The molecular weight excluding hydrogens is 352 g/mol. The summed E-state index contributed by atoms with van der Waals surface area (Å²) >= 11 is 0. The Kier molecular flexibility index (Phi) is 5.49. The first kappa shape index (κ1) is 19.6. The van der Waals surface area contributed by atoms with Crippen molar-refractivity contribution in [3.8, 4) is 0 Å². The largest absolute Gasteiger partial charge is 0.345 e. The molecule has 0 saturated heterocycles. The fourth-order valence-corrected chi connectivity index (χ4v) is 2.92. The van der Waals surface area contributed by atoms with Gasteiger partial charge in [0.25, 0.3) is 5.91 Å². The van der Waals surface area contributed by atoms with E-state index in [9.17, 15) is 9.59 Å². The summed E-state index contributed by atoms with van der Waals surface area (Å²) in [7, 11) is 0. The van der Waals surface area contributed by atoms with E-state index in [4.69, 9.17) is 0 Å². The minimum atomic E-state index is -0.289. The number of hydrogen-bond donors (Lipinski definition) is 3. The van der Waals surface area contributed by atoms with E-state index in [2.05, 4.69) is 41.4 Å².